The third-order valence-corrected chi connectivity index (χ3v) is 2.39. The van der Waals surface area contributed by atoms with Crippen LogP contribution in [-0.4, -0.2) is 36.5 Å². The van der Waals surface area contributed by atoms with Crippen molar-refractivity contribution < 1.29 is 8.78 Å². The van der Waals surface area contributed by atoms with Crippen molar-refractivity contribution in [3.05, 3.63) is 17.5 Å². The van der Waals surface area contributed by atoms with Gasteiger partial charge in [-0.05, 0) is 13.5 Å². The summed E-state index contributed by atoms with van der Waals surface area (Å²) < 4.78 is 24.4. The van der Waals surface area contributed by atoms with E-state index in [4.69, 9.17) is 0 Å². The van der Waals surface area contributed by atoms with Gasteiger partial charge in [-0.2, -0.15) is 0 Å². The quantitative estimate of drug-likeness (QED) is 0.825. The monoisotopic (exact) mass is 244 g/mol. The zero-order chi connectivity index (χ0) is 12.8. The first-order valence-corrected chi connectivity index (χ1v) is 5.57. The second-order valence-electron chi connectivity index (χ2n) is 3.83. The summed E-state index contributed by atoms with van der Waals surface area (Å²) in [5, 5.41) is 3.17. The number of nitrogens with one attached hydrogen (secondary N) is 1. The molecule has 17 heavy (non-hydrogen) atoms. The van der Waals surface area contributed by atoms with E-state index in [-0.39, 0.29) is 6.54 Å². The lowest BCUT2D eigenvalue weighted by Gasteiger charge is -2.17. The van der Waals surface area contributed by atoms with Crippen molar-refractivity contribution >= 4 is 5.95 Å². The molecule has 0 atom stereocenters. The van der Waals surface area contributed by atoms with Gasteiger partial charge < -0.3 is 10.2 Å². The number of aromatic nitrogens is 2. The molecule has 4 nitrogen and oxygen atoms in total. The van der Waals surface area contributed by atoms with Crippen LogP contribution in [0.1, 0.15) is 18.2 Å². The van der Waals surface area contributed by atoms with Gasteiger partial charge in [-0.1, -0.05) is 6.92 Å². The van der Waals surface area contributed by atoms with Gasteiger partial charge in [0, 0.05) is 31.0 Å². The Bertz CT molecular complexity index is 357. The molecule has 0 unspecified atom stereocenters. The van der Waals surface area contributed by atoms with E-state index < -0.39 is 6.43 Å². The summed E-state index contributed by atoms with van der Waals surface area (Å²) in [6, 6.07) is 0. The number of hydrogen-bond acceptors (Lipinski definition) is 4. The summed E-state index contributed by atoms with van der Waals surface area (Å²) in [6.07, 6.45) is -0.701. The van der Waals surface area contributed by atoms with Crippen molar-refractivity contribution in [2.75, 3.05) is 25.0 Å². The van der Waals surface area contributed by atoms with E-state index in [0.29, 0.717) is 12.5 Å². The molecule has 0 saturated carbocycles. The SMILES string of the molecule is CCNCc1cnc(N(C)CC(F)F)nc1C. The number of halogens is 2. The van der Waals surface area contributed by atoms with Crippen LogP contribution >= 0.6 is 0 Å². The Balaban J connectivity index is 2.73. The lowest BCUT2D eigenvalue weighted by atomic mass is 10.2. The van der Waals surface area contributed by atoms with E-state index in [9.17, 15) is 8.78 Å². The zero-order valence-electron chi connectivity index (χ0n) is 10.4. The molecule has 0 amide bonds. The highest BCUT2D eigenvalue weighted by Crippen LogP contribution is 2.11. The Hall–Kier alpha value is -1.30. The fraction of sp³-hybridized carbons (Fsp3) is 0.636. The average Bonchev–Trinajstić information content (AvgIpc) is 2.26. The molecule has 1 rings (SSSR count). The summed E-state index contributed by atoms with van der Waals surface area (Å²) in [7, 11) is 1.56. The van der Waals surface area contributed by atoms with Crippen molar-refractivity contribution in [3.63, 3.8) is 0 Å². The Morgan fingerprint density at radius 1 is 1.47 bits per heavy atom. The Morgan fingerprint density at radius 2 is 2.18 bits per heavy atom. The first-order valence-electron chi connectivity index (χ1n) is 5.57. The average molecular weight is 244 g/mol. The molecule has 0 spiro atoms. The third kappa shape index (κ3) is 4.22. The molecule has 96 valence electrons. The van der Waals surface area contributed by atoms with E-state index in [2.05, 4.69) is 15.3 Å². The predicted octanol–water partition coefficient (Wildman–Crippen LogP) is 1.60. The van der Waals surface area contributed by atoms with Crippen LogP contribution < -0.4 is 10.2 Å². The number of aryl methyl sites for hydroxylation is 1. The fourth-order valence-electron chi connectivity index (χ4n) is 1.39. The second-order valence-corrected chi connectivity index (χ2v) is 3.83. The summed E-state index contributed by atoms with van der Waals surface area (Å²) in [5.41, 5.74) is 1.80. The molecule has 0 radical (unpaired) electrons. The van der Waals surface area contributed by atoms with Gasteiger partial charge in [0.15, 0.2) is 0 Å². The normalized spacial score (nSPS) is 10.9. The summed E-state index contributed by atoms with van der Waals surface area (Å²) in [4.78, 5) is 9.66. The number of anilines is 1. The molecule has 0 aliphatic heterocycles. The van der Waals surface area contributed by atoms with Gasteiger partial charge >= 0.3 is 0 Å². The largest absolute Gasteiger partial charge is 0.338 e. The smallest absolute Gasteiger partial charge is 0.255 e. The minimum atomic E-state index is -2.38. The molecule has 0 aliphatic rings. The standard InChI is InChI=1S/C11H18F2N4/c1-4-14-5-9-6-15-11(16-8(9)2)17(3)7-10(12)13/h6,10,14H,4-5,7H2,1-3H3. The van der Waals surface area contributed by atoms with Gasteiger partial charge in [0.05, 0.1) is 6.54 Å². The maximum Gasteiger partial charge on any atom is 0.255 e. The van der Waals surface area contributed by atoms with Gasteiger partial charge in [-0.15, -0.1) is 0 Å². The van der Waals surface area contributed by atoms with Gasteiger partial charge in [-0.3, -0.25) is 0 Å². The molecule has 0 bridgehead atoms. The number of alkyl halides is 2. The molecule has 1 N–H and O–H groups in total. The summed E-state index contributed by atoms with van der Waals surface area (Å²) in [6.45, 7) is 5.08. The van der Waals surface area contributed by atoms with Gasteiger partial charge in [0.1, 0.15) is 0 Å². The molecule has 1 aromatic rings. The number of rotatable bonds is 6. The lowest BCUT2D eigenvalue weighted by Crippen LogP contribution is -2.26. The fourth-order valence-corrected chi connectivity index (χ4v) is 1.39. The maximum absolute atomic E-state index is 12.2. The Morgan fingerprint density at radius 3 is 2.71 bits per heavy atom. The number of hydrogen-bond donors (Lipinski definition) is 1. The van der Waals surface area contributed by atoms with Gasteiger partial charge in [0.2, 0.25) is 5.95 Å². The van der Waals surface area contributed by atoms with Crippen molar-refractivity contribution in [1.29, 1.82) is 0 Å². The molecule has 0 aliphatic carbocycles. The maximum atomic E-state index is 12.2. The van der Waals surface area contributed by atoms with Crippen molar-refractivity contribution in [2.24, 2.45) is 0 Å². The number of nitrogens with zero attached hydrogens (tertiary/aromatic N) is 3. The topological polar surface area (TPSA) is 41.1 Å². The highest BCUT2D eigenvalue weighted by molar-refractivity contribution is 5.31. The Kier molecular flexibility index (Phi) is 5.21. The molecule has 1 heterocycles. The van der Waals surface area contributed by atoms with Crippen molar-refractivity contribution in [2.45, 2.75) is 26.8 Å². The van der Waals surface area contributed by atoms with Crippen LogP contribution in [0.15, 0.2) is 6.20 Å². The van der Waals surface area contributed by atoms with Crippen LogP contribution in [0.5, 0.6) is 0 Å². The van der Waals surface area contributed by atoms with Crippen LogP contribution in [0, 0.1) is 6.92 Å². The van der Waals surface area contributed by atoms with Crippen LogP contribution in [0.3, 0.4) is 0 Å². The van der Waals surface area contributed by atoms with Crippen LogP contribution in [0.4, 0.5) is 14.7 Å². The minimum Gasteiger partial charge on any atom is -0.338 e. The van der Waals surface area contributed by atoms with E-state index in [1.807, 2.05) is 13.8 Å². The molecule has 0 aromatic carbocycles. The summed E-state index contributed by atoms with van der Waals surface area (Å²) in [5.74, 6) is 0.336. The van der Waals surface area contributed by atoms with Gasteiger partial charge in [-0.25, -0.2) is 18.7 Å². The van der Waals surface area contributed by atoms with E-state index in [0.717, 1.165) is 17.8 Å². The van der Waals surface area contributed by atoms with Crippen LogP contribution in [0.25, 0.3) is 0 Å². The third-order valence-electron chi connectivity index (χ3n) is 2.39. The molecule has 0 fully saturated rings. The highest BCUT2D eigenvalue weighted by atomic mass is 19.3. The Labute approximate surface area is 100 Å². The molecule has 1 aromatic heterocycles. The minimum absolute atomic E-state index is 0.336. The van der Waals surface area contributed by atoms with E-state index in [1.165, 1.54) is 4.90 Å². The first-order chi connectivity index (χ1) is 8.04. The van der Waals surface area contributed by atoms with E-state index >= 15 is 0 Å². The molecule has 0 saturated heterocycles. The lowest BCUT2D eigenvalue weighted by molar-refractivity contribution is 0.156. The van der Waals surface area contributed by atoms with Gasteiger partial charge in [0.25, 0.3) is 6.43 Å². The molecular weight excluding hydrogens is 226 g/mol. The van der Waals surface area contributed by atoms with E-state index in [1.54, 1.807) is 13.2 Å². The predicted molar refractivity (Wildman–Crippen MR) is 63.4 cm³/mol. The highest BCUT2D eigenvalue weighted by Gasteiger charge is 2.12. The molecule has 6 heteroatoms. The second kappa shape index (κ2) is 6.44. The first kappa shape index (κ1) is 13.8. The molecular formula is C11H18F2N4. The van der Waals surface area contributed by atoms with Crippen LogP contribution in [0.2, 0.25) is 0 Å². The van der Waals surface area contributed by atoms with Crippen molar-refractivity contribution in [1.82, 2.24) is 15.3 Å². The van der Waals surface area contributed by atoms with Crippen molar-refractivity contribution in [3.8, 4) is 0 Å². The summed E-state index contributed by atoms with van der Waals surface area (Å²) >= 11 is 0. The van der Waals surface area contributed by atoms with Crippen LogP contribution in [-0.2, 0) is 6.54 Å². The zero-order valence-corrected chi connectivity index (χ0v) is 10.4.